The minimum atomic E-state index is -0.140. The number of nitrogens with one attached hydrogen (secondary N) is 2. The van der Waals surface area contributed by atoms with Gasteiger partial charge in [0.05, 0.1) is 17.8 Å². The predicted molar refractivity (Wildman–Crippen MR) is 166 cm³/mol. The van der Waals surface area contributed by atoms with E-state index < -0.39 is 0 Å². The van der Waals surface area contributed by atoms with Crippen molar-refractivity contribution in [2.75, 3.05) is 30.9 Å². The number of nitrogens with zero attached hydrogens (tertiary/aromatic N) is 4. The van der Waals surface area contributed by atoms with E-state index in [1.54, 1.807) is 0 Å². The molecule has 0 saturated carbocycles. The molecule has 0 spiro atoms. The second-order valence-corrected chi connectivity index (χ2v) is 10.9. The third kappa shape index (κ3) is 5.58. The van der Waals surface area contributed by atoms with Crippen LogP contribution in [0.25, 0.3) is 5.69 Å². The number of pyridine rings is 1. The number of aromatic nitrogens is 2. The number of hydrogen-bond donors (Lipinski definition) is 2. The van der Waals surface area contributed by atoms with Gasteiger partial charge in [-0.05, 0) is 98.7 Å². The third-order valence-electron chi connectivity index (χ3n) is 7.49. The lowest BCUT2D eigenvalue weighted by Crippen LogP contribution is -2.32. The van der Waals surface area contributed by atoms with E-state index in [1.165, 1.54) is 0 Å². The largest absolute Gasteiger partial charge is 0.378 e. The molecule has 7 nitrogen and oxygen atoms in total. The summed E-state index contributed by atoms with van der Waals surface area (Å²) in [5.41, 5.74) is 8.53. The molecule has 3 heterocycles. The van der Waals surface area contributed by atoms with Gasteiger partial charge < -0.3 is 25.0 Å². The minimum Gasteiger partial charge on any atom is -0.378 e. The summed E-state index contributed by atoms with van der Waals surface area (Å²) in [6.45, 7) is 6.78. The Kier molecular flexibility index (Phi) is 7.89. The third-order valence-corrected chi connectivity index (χ3v) is 7.84. The van der Waals surface area contributed by atoms with Crippen LogP contribution in [0.4, 0.5) is 11.4 Å². The van der Waals surface area contributed by atoms with E-state index in [1.807, 2.05) is 69.7 Å². The van der Waals surface area contributed by atoms with E-state index in [0.717, 1.165) is 45.3 Å². The normalized spacial score (nSPS) is 16.6. The van der Waals surface area contributed by atoms with Crippen molar-refractivity contribution in [1.29, 1.82) is 0 Å². The molecule has 0 radical (unpaired) electrons. The van der Waals surface area contributed by atoms with E-state index in [9.17, 15) is 4.79 Å². The van der Waals surface area contributed by atoms with Crippen LogP contribution < -0.4 is 15.5 Å². The Morgan fingerprint density at radius 2 is 1.80 bits per heavy atom. The summed E-state index contributed by atoms with van der Waals surface area (Å²) in [5.74, 6) is -0.0418. The molecule has 8 heteroatoms. The van der Waals surface area contributed by atoms with Crippen LogP contribution in [0.1, 0.15) is 46.7 Å². The van der Waals surface area contributed by atoms with Crippen molar-refractivity contribution in [2.24, 2.45) is 0 Å². The SMILES string of the molecule is Cc1cccc(NC(=O)CCN2C(=S)N[C@@H](c3ccccn3)[C@@H]2c2cc(C)n(-c3ccc(N(C)C)cc3)c2C)c1. The highest BCUT2D eigenvalue weighted by molar-refractivity contribution is 7.80. The fraction of sp³-hybridized carbons (Fsp3) is 0.281. The van der Waals surface area contributed by atoms with Gasteiger partial charge in [0.25, 0.3) is 0 Å². The molecule has 2 aromatic carbocycles. The van der Waals surface area contributed by atoms with Gasteiger partial charge in [-0.1, -0.05) is 18.2 Å². The summed E-state index contributed by atoms with van der Waals surface area (Å²) in [7, 11) is 4.09. The molecule has 1 amide bonds. The van der Waals surface area contributed by atoms with E-state index in [-0.39, 0.29) is 18.0 Å². The fourth-order valence-electron chi connectivity index (χ4n) is 5.54. The van der Waals surface area contributed by atoms with Crippen LogP contribution in [0.3, 0.4) is 0 Å². The number of anilines is 2. The van der Waals surface area contributed by atoms with Crippen LogP contribution in [-0.2, 0) is 4.79 Å². The van der Waals surface area contributed by atoms with Gasteiger partial charge >= 0.3 is 0 Å². The summed E-state index contributed by atoms with van der Waals surface area (Å²) >= 11 is 5.85. The Bertz CT molecular complexity index is 1510. The number of carbonyl (C=O) groups excluding carboxylic acids is 1. The molecular formula is C32H36N6OS. The van der Waals surface area contributed by atoms with Crippen molar-refractivity contribution in [3.05, 3.63) is 107 Å². The van der Waals surface area contributed by atoms with Gasteiger partial charge in [0.15, 0.2) is 5.11 Å². The zero-order valence-electron chi connectivity index (χ0n) is 23.7. The van der Waals surface area contributed by atoms with E-state index >= 15 is 0 Å². The number of rotatable bonds is 8. The smallest absolute Gasteiger partial charge is 0.226 e. The van der Waals surface area contributed by atoms with Crippen LogP contribution in [-0.4, -0.2) is 46.1 Å². The maximum Gasteiger partial charge on any atom is 0.226 e. The first-order valence-corrected chi connectivity index (χ1v) is 13.9. The van der Waals surface area contributed by atoms with Crippen molar-refractivity contribution >= 4 is 34.6 Å². The first-order valence-electron chi connectivity index (χ1n) is 13.5. The Morgan fingerprint density at radius 1 is 1.02 bits per heavy atom. The maximum absolute atomic E-state index is 12.9. The molecule has 40 heavy (non-hydrogen) atoms. The van der Waals surface area contributed by atoms with Gasteiger partial charge in [-0.3, -0.25) is 9.78 Å². The zero-order chi connectivity index (χ0) is 28.4. The van der Waals surface area contributed by atoms with E-state index in [0.29, 0.717) is 18.1 Å². The monoisotopic (exact) mass is 552 g/mol. The Morgan fingerprint density at radius 3 is 2.48 bits per heavy atom. The van der Waals surface area contributed by atoms with Gasteiger partial charge in [0.2, 0.25) is 5.91 Å². The highest BCUT2D eigenvalue weighted by Crippen LogP contribution is 2.41. The van der Waals surface area contributed by atoms with Crippen LogP contribution >= 0.6 is 12.2 Å². The van der Waals surface area contributed by atoms with Crippen molar-refractivity contribution in [1.82, 2.24) is 19.8 Å². The summed E-state index contributed by atoms with van der Waals surface area (Å²) in [4.78, 5) is 21.9. The van der Waals surface area contributed by atoms with Crippen LogP contribution in [0.5, 0.6) is 0 Å². The molecule has 1 fully saturated rings. The second kappa shape index (κ2) is 11.5. The lowest BCUT2D eigenvalue weighted by molar-refractivity contribution is -0.116. The highest BCUT2D eigenvalue weighted by atomic mass is 32.1. The molecule has 5 rings (SSSR count). The molecule has 206 valence electrons. The number of thiocarbonyl (C=S) groups is 1. The number of carbonyl (C=O) groups is 1. The summed E-state index contributed by atoms with van der Waals surface area (Å²) < 4.78 is 2.29. The van der Waals surface area contributed by atoms with E-state index in [2.05, 4.69) is 74.2 Å². The van der Waals surface area contributed by atoms with Crippen LogP contribution in [0, 0.1) is 20.8 Å². The van der Waals surface area contributed by atoms with Gasteiger partial charge in [0.1, 0.15) is 0 Å². The first kappa shape index (κ1) is 27.4. The Labute approximate surface area is 241 Å². The van der Waals surface area contributed by atoms with Gasteiger partial charge in [-0.25, -0.2) is 0 Å². The summed E-state index contributed by atoms with van der Waals surface area (Å²) in [6, 6.07) is 24.3. The zero-order valence-corrected chi connectivity index (χ0v) is 24.5. The number of benzene rings is 2. The topological polar surface area (TPSA) is 65.4 Å². The maximum atomic E-state index is 12.9. The molecule has 1 saturated heterocycles. The average molecular weight is 553 g/mol. The standard InChI is InChI=1S/C32H36N6OS/c1-21-9-8-10-24(19-21)34-29(39)16-18-37-31(30(35-32(37)40)28-11-6-7-17-33-28)27-20-22(2)38(23(27)3)26-14-12-25(13-15-26)36(4)5/h6-15,17,19-20,30-31H,16,18H2,1-5H3,(H,34,39)(H,35,40)/t30-,31-/m0/s1. The van der Waals surface area contributed by atoms with Crippen molar-refractivity contribution in [3.63, 3.8) is 0 Å². The molecule has 0 unspecified atom stereocenters. The molecule has 0 bridgehead atoms. The van der Waals surface area contributed by atoms with Crippen LogP contribution in [0.15, 0.2) is 79.0 Å². The van der Waals surface area contributed by atoms with Gasteiger partial charge in [-0.15, -0.1) is 0 Å². The van der Waals surface area contributed by atoms with E-state index in [4.69, 9.17) is 12.2 Å². The van der Waals surface area contributed by atoms with Crippen LogP contribution in [0.2, 0.25) is 0 Å². The van der Waals surface area contributed by atoms with Gasteiger partial charge in [-0.2, -0.15) is 0 Å². The quantitative estimate of drug-likeness (QED) is 0.267. The Hall–Kier alpha value is -4.17. The molecular weight excluding hydrogens is 516 g/mol. The van der Waals surface area contributed by atoms with Crippen molar-refractivity contribution in [3.8, 4) is 5.69 Å². The Balaban J connectivity index is 1.46. The molecule has 4 aromatic rings. The predicted octanol–water partition coefficient (Wildman–Crippen LogP) is 5.86. The lowest BCUT2D eigenvalue weighted by atomic mass is 9.96. The van der Waals surface area contributed by atoms with Crippen molar-refractivity contribution in [2.45, 2.75) is 39.3 Å². The molecule has 2 aromatic heterocycles. The second-order valence-electron chi connectivity index (χ2n) is 10.6. The molecule has 1 aliphatic heterocycles. The summed E-state index contributed by atoms with van der Waals surface area (Å²) in [6.07, 6.45) is 2.12. The molecule has 2 N–H and O–H groups in total. The highest BCUT2D eigenvalue weighted by Gasteiger charge is 2.41. The first-order chi connectivity index (χ1) is 19.2. The number of hydrogen-bond acceptors (Lipinski definition) is 4. The number of aryl methyl sites for hydroxylation is 2. The molecule has 1 aliphatic rings. The molecule has 2 atom stereocenters. The molecule has 0 aliphatic carbocycles. The van der Waals surface area contributed by atoms with Gasteiger partial charge in [0, 0.05) is 61.7 Å². The number of amides is 1. The summed E-state index contributed by atoms with van der Waals surface area (Å²) in [5, 5.41) is 7.17. The minimum absolute atomic E-state index is 0.0418. The fourth-order valence-corrected chi connectivity index (χ4v) is 5.87. The van der Waals surface area contributed by atoms with Crippen molar-refractivity contribution < 1.29 is 4.79 Å². The average Bonchev–Trinajstić information content (AvgIpc) is 3.42. The lowest BCUT2D eigenvalue weighted by Gasteiger charge is -2.28.